The van der Waals surface area contributed by atoms with Crippen LogP contribution in [0.15, 0.2) is 12.1 Å². The summed E-state index contributed by atoms with van der Waals surface area (Å²) >= 11 is 7.26. The van der Waals surface area contributed by atoms with Crippen molar-refractivity contribution in [3.8, 4) is 0 Å². The number of nitrogens with zero attached hydrogens (tertiary/aromatic N) is 1. The average molecular weight is 384 g/mol. The monoisotopic (exact) mass is 383 g/mol. The first kappa shape index (κ1) is 18.2. The summed E-state index contributed by atoms with van der Waals surface area (Å²) in [5, 5.41) is 2.92. The fourth-order valence-corrected chi connectivity index (χ4v) is 4.67. The molecule has 1 saturated heterocycles. The summed E-state index contributed by atoms with van der Waals surface area (Å²) < 4.78 is 0.667. The van der Waals surface area contributed by atoms with E-state index >= 15 is 0 Å². The fraction of sp³-hybridized carbons (Fsp3) is 0.588. The quantitative estimate of drug-likeness (QED) is 0.780. The first-order valence-corrected chi connectivity index (χ1v) is 9.76. The molecule has 25 heavy (non-hydrogen) atoms. The summed E-state index contributed by atoms with van der Waals surface area (Å²) in [5.41, 5.74) is 5.36. The Balaban J connectivity index is 1.50. The van der Waals surface area contributed by atoms with E-state index in [1.54, 1.807) is 6.07 Å². The van der Waals surface area contributed by atoms with Crippen LogP contribution in [-0.2, 0) is 20.8 Å². The van der Waals surface area contributed by atoms with Crippen LogP contribution in [0.2, 0.25) is 4.34 Å². The minimum absolute atomic E-state index is 0.00231. The molecule has 0 bridgehead atoms. The summed E-state index contributed by atoms with van der Waals surface area (Å²) in [5.74, 6) is -1.05. The van der Waals surface area contributed by atoms with Crippen LogP contribution >= 0.6 is 22.9 Å². The lowest BCUT2D eigenvalue weighted by Gasteiger charge is -2.37. The van der Waals surface area contributed by atoms with E-state index < -0.39 is 0 Å². The van der Waals surface area contributed by atoms with Gasteiger partial charge in [0.1, 0.15) is 0 Å². The van der Waals surface area contributed by atoms with Crippen molar-refractivity contribution in [2.45, 2.75) is 38.1 Å². The molecule has 0 radical (unpaired) electrons. The second-order valence-corrected chi connectivity index (χ2v) is 8.51. The number of nitrogens with two attached hydrogens (primary N) is 1. The van der Waals surface area contributed by atoms with Crippen molar-refractivity contribution in [3.05, 3.63) is 21.3 Å². The van der Waals surface area contributed by atoms with Crippen molar-refractivity contribution < 1.29 is 14.4 Å². The van der Waals surface area contributed by atoms with E-state index in [9.17, 15) is 14.4 Å². The van der Waals surface area contributed by atoms with Crippen molar-refractivity contribution in [3.63, 3.8) is 0 Å². The van der Waals surface area contributed by atoms with Gasteiger partial charge < -0.3 is 16.0 Å². The zero-order valence-electron chi connectivity index (χ0n) is 13.9. The molecule has 3 amide bonds. The first-order valence-electron chi connectivity index (χ1n) is 8.56. The van der Waals surface area contributed by atoms with Gasteiger partial charge in [0.25, 0.3) is 0 Å². The van der Waals surface area contributed by atoms with Crippen LogP contribution < -0.4 is 11.1 Å². The van der Waals surface area contributed by atoms with Gasteiger partial charge in [-0.2, -0.15) is 0 Å². The predicted octanol–water partition coefficient (Wildman–Crippen LogP) is 1.56. The normalized spacial score (nSPS) is 25.5. The van der Waals surface area contributed by atoms with Crippen molar-refractivity contribution in [1.29, 1.82) is 0 Å². The third-order valence-electron chi connectivity index (χ3n) is 5.12. The summed E-state index contributed by atoms with van der Waals surface area (Å²) in [4.78, 5) is 38.9. The molecule has 8 heteroatoms. The second-order valence-electron chi connectivity index (χ2n) is 6.71. The highest BCUT2D eigenvalue weighted by atomic mass is 35.5. The SMILES string of the molecule is NC(=O)C1CCC1C(=O)N1CCCC1CNC(=O)Cc1ccc(Cl)s1. The zero-order chi connectivity index (χ0) is 18.0. The summed E-state index contributed by atoms with van der Waals surface area (Å²) in [6, 6.07) is 3.62. The van der Waals surface area contributed by atoms with E-state index in [-0.39, 0.29) is 35.6 Å². The Kier molecular flexibility index (Phi) is 5.64. The predicted molar refractivity (Wildman–Crippen MR) is 96.2 cm³/mol. The third kappa shape index (κ3) is 4.15. The molecule has 0 spiro atoms. The average Bonchev–Trinajstić information content (AvgIpc) is 3.12. The largest absolute Gasteiger partial charge is 0.369 e. The number of likely N-dealkylation sites (tertiary alicyclic amines) is 1. The molecule has 1 aliphatic carbocycles. The lowest BCUT2D eigenvalue weighted by molar-refractivity contribution is -0.147. The molecule has 3 unspecified atom stereocenters. The minimum Gasteiger partial charge on any atom is -0.369 e. The molecule has 6 nitrogen and oxygen atoms in total. The van der Waals surface area contributed by atoms with Gasteiger partial charge in [-0.1, -0.05) is 11.6 Å². The molecule has 3 N–H and O–H groups in total. The van der Waals surface area contributed by atoms with Crippen LogP contribution in [0.3, 0.4) is 0 Å². The van der Waals surface area contributed by atoms with Gasteiger partial charge in [-0.3, -0.25) is 14.4 Å². The first-order chi connectivity index (χ1) is 12.0. The lowest BCUT2D eigenvalue weighted by atomic mass is 9.72. The number of carbonyl (C=O) groups excluding carboxylic acids is 3. The Morgan fingerprint density at radius 2 is 2.00 bits per heavy atom. The summed E-state index contributed by atoms with van der Waals surface area (Å²) in [7, 11) is 0. The fourth-order valence-electron chi connectivity index (χ4n) is 3.59. The highest BCUT2D eigenvalue weighted by Gasteiger charge is 2.44. The number of hydrogen-bond acceptors (Lipinski definition) is 4. The molecule has 2 fully saturated rings. The molecule has 136 valence electrons. The zero-order valence-corrected chi connectivity index (χ0v) is 15.4. The van der Waals surface area contributed by atoms with Crippen molar-refractivity contribution >= 4 is 40.7 Å². The second kappa shape index (κ2) is 7.74. The summed E-state index contributed by atoms with van der Waals surface area (Å²) in [6.07, 6.45) is 3.50. The van der Waals surface area contributed by atoms with Gasteiger partial charge in [0.05, 0.1) is 10.8 Å². The van der Waals surface area contributed by atoms with Crippen LogP contribution in [-0.4, -0.2) is 41.8 Å². The van der Waals surface area contributed by atoms with E-state index in [4.69, 9.17) is 17.3 Å². The Morgan fingerprint density at radius 3 is 2.60 bits per heavy atom. The molecule has 3 rings (SSSR count). The molecule has 2 heterocycles. The van der Waals surface area contributed by atoms with E-state index in [1.807, 2.05) is 11.0 Å². The van der Waals surface area contributed by atoms with Crippen LogP contribution in [0, 0.1) is 11.8 Å². The van der Waals surface area contributed by atoms with E-state index in [1.165, 1.54) is 11.3 Å². The molecular weight excluding hydrogens is 362 g/mol. The Labute approximate surface area is 155 Å². The van der Waals surface area contributed by atoms with Crippen LogP contribution in [0.4, 0.5) is 0 Å². The summed E-state index contributed by atoms with van der Waals surface area (Å²) in [6.45, 7) is 1.12. The van der Waals surface area contributed by atoms with Gasteiger partial charge >= 0.3 is 0 Å². The number of amides is 3. The number of halogens is 1. The van der Waals surface area contributed by atoms with Crippen LogP contribution in [0.1, 0.15) is 30.6 Å². The maximum atomic E-state index is 12.7. The van der Waals surface area contributed by atoms with E-state index in [0.29, 0.717) is 30.3 Å². The number of thiophene rings is 1. The van der Waals surface area contributed by atoms with Crippen LogP contribution in [0.25, 0.3) is 0 Å². The van der Waals surface area contributed by atoms with Gasteiger partial charge in [0.15, 0.2) is 0 Å². The highest BCUT2D eigenvalue weighted by molar-refractivity contribution is 7.16. The number of hydrogen-bond donors (Lipinski definition) is 2. The third-order valence-corrected chi connectivity index (χ3v) is 6.35. The van der Waals surface area contributed by atoms with E-state index in [0.717, 1.165) is 24.1 Å². The van der Waals surface area contributed by atoms with Crippen molar-refractivity contribution in [1.82, 2.24) is 10.2 Å². The highest BCUT2D eigenvalue weighted by Crippen LogP contribution is 2.37. The number of nitrogens with one attached hydrogen (secondary N) is 1. The molecule has 1 aromatic heterocycles. The maximum Gasteiger partial charge on any atom is 0.226 e. The van der Waals surface area contributed by atoms with Gasteiger partial charge in [-0.05, 0) is 37.8 Å². The standard InChI is InChI=1S/C17H22ClN3O3S/c18-14-6-3-11(25-14)8-15(22)20-9-10-2-1-7-21(10)17(24)13-5-4-12(13)16(19)23/h3,6,10,12-13H,1-2,4-5,7-9H2,(H2,19,23)(H,20,22). The molecule has 2 aliphatic rings. The number of rotatable bonds is 6. The Morgan fingerprint density at radius 1 is 1.24 bits per heavy atom. The van der Waals surface area contributed by atoms with Crippen molar-refractivity contribution in [2.75, 3.05) is 13.1 Å². The lowest BCUT2D eigenvalue weighted by Crippen LogP contribution is -2.51. The maximum absolute atomic E-state index is 12.7. The van der Waals surface area contributed by atoms with Gasteiger partial charge in [0.2, 0.25) is 17.7 Å². The number of primary amides is 1. The molecule has 3 atom stereocenters. The molecular formula is C17H22ClN3O3S. The topological polar surface area (TPSA) is 92.5 Å². The van der Waals surface area contributed by atoms with Gasteiger partial charge in [0, 0.05) is 35.8 Å². The Bertz CT molecular complexity index is 678. The minimum atomic E-state index is -0.386. The van der Waals surface area contributed by atoms with Crippen LogP contribution in [0.5, 0.6) is 0 Å². The number of carbonyl (C=O) groups is 3. The molecule has 1 saturated carbocycles. The van der Waals surface area contributed by atoms with Gasteiger partial charge in [-0.15, -0.1) is 11.3 Å². The van der Waals surface area contributed by atoms with Crippen molar-refractivity contribution in [2.24, 2.45) is 17.6 Å². The Hall–Kier alpha value is -1.60. The molecule has 1 aromatic rings. The molecule has 0 aromatic carbocycles. The molecule has 1 aliphatic heterocycles. The van der Waals surface area contributed by atoms with E-state index in [2.05, 4.69) is 5.32 Å². The smallest absolute Gasteiger partial charge is 0.226 e. The van der Waals surface area contributed by atoms with Gasteiger partial charge in [-0.25, -0.2) is 0 Å².